The zero-order chi connectivity index (χ0) is 19.5. The van der Waals surface area contributed by atoms with E-state index >= 15 is 0 Å². The fraction of sp³-hybridized carbons (Fsp3) is 0.0952. The summed E-state index contributed by atoms with van der Waals surface area (Å²) in [6, 6.07) is 15.4. The first kappa shape index (κ1) is 18.3. The predicted molar refractivity (Wildman–Crippen MR) is 116 cm³/mol. The van der Waals surface area contributed by atoms with E-state index < -0.39 is 0 Å². The van der Waals surface area contributed by atoms with Crippen LogP contribution in [0.5, 0.6) is 5.75 Å². The molecule has 0 spiro atoms. The minimum atomic E-state index is -0.0961. The summed E-state index contributed by atoms with van der Waals surface area (Å²) >= 11 is 3.06. The SMILES string of the molecule is COc1ccc(N(C(C)=O)c2nc(C=Cc3nc4ccccc4s3)cs2)cc1. The number of rotatable bonds is 5. The van der Waals surface area contributed by atoms with E-state index in [0.717, 1.165) is 32.4 Å². The van der Waals surface area contributed by atoms with Gasteiger partial charge in [-0.1, -0.05) is 12.1 Å². The van der Waals surface area contributed by atoms with Gasteiger partial charge in [-0.25, -0.2) is 9.97 Å². The van der Waals surface area contributed by atoms with Crippen LogP contribution in [0.25, 0.3) is 22.4 Å². The highest BCUT2D eigenvalue weighted by Crippen LogP contribution is 2.31. The van der Waals surface area contributed by atoms with Gasteiger partial charge in [0, 0.05) is 12.3 Å². The molecule has 140 valence electrons. The fourth-order valence-corrected chi connectivity index (χ4v) is 4.46. The Morgan fingerprint density at radius 1 is 1.07 bits per heavy atom. The number of nitrogens with zero attached hydrogens (tertiary/aromatic N) is 3. The van der Waals surface area contributed by atoms with Crippen LogP contribution in [0.1, 0.15) is 17.6 Å². The molecule has 2 heterocycles. The zero-order valence-corrected chi connectivity index (χ0v) is 17.0. The van der Waals surface area contributed by atoms with E-state index in [2.05, 4.69) is 16.0 Å². The number of anilines is 2. The quantitative estimate of drug-likeness (QED) is 0.431. The highest BCUT2D eigenvalue weighted by atomic mass is 32.1. The molecule has 0 fully saturated rings. The molecule has 0 aliphatic carbocycles. The Bertz CT molecular complexity index is 1110. The molecule has 2 aromatic carbocycles. The van der Waals surface area contributed by atoms with E-state index in [1.54, 1.807) is 23.3 Å². The van der Waals surface area contributed by atoms with Gasteiger partial charge in [-0.05, 0) is 48.6 Å². The van der Waals surface area contributed by atoms with Crippen molar-refractivity contribution >= 4 is 61.8 Å². The largest absolute Gasteiger partial charge is 0.497 e. The first-order valence-electron chi connectivity index (χ1n) is 8.58. The normalized spacial score (nSPS) is 11.2. The van der Waals surface area contributed by atoms with Gasteiger partial charge in [0.05, 0.1) is 28.7 Å². The summed E-state index contributed by atoms with van der Waals surface area (Å²) < 4.78 is 6.34. The highest BCUT2D eigenvalue weighted by molar-refractivity contribution is 7.19. The molecule has 0 saturated heterocycles. The molecule has 0 atom stereocenters. The fourth-order valence-electron chi connectivity index (χ4n) is 2.73. The van der Waals surface area contributed by atoms with Crippen LogP contribution in [-0.4, -0.2) is 23.0 Å². The van der Waals surface area contributed by atoms with Crippen LogP contribution in [0.4, 0.5) is 10.8 Å². The zero-order valence-electron chi connectivity index (χ0n) is 15.3. The van der Waals surface area contributed by atoms with Gasteiger partial charge in [0.1, 0.15) is 10.8 Å². The maximum Gasteiger partial charge on any atom is 0.230 e. The minimum Gasteiger partial charge on any atom is -0.497 e. The Kier molecular flexibility index (Phi) is 5.18. The molecule has 28 heavy (non-hydrogen) atoms. The van der Waals surface area contributed by atoms with E-state index in [1.165, 1.54) is 18.3 Å². The molecule has 0 unspecified atom stereocenters. The van der Waals surface area contributed by atoms with Gasteiger partial charge in [0.25, 0.3) is 0 Å². The number of ether oxygens (including phenoxy) is 1. The number of hydrogen-bond acceptors (Lipinski definition) is 6. The Labute approximate surface area is 170 Å². The summed E-state index contributed by atoms with van der Waals surface area (Å²) in [4.78, 5) is 23.0. The van der Waals surface area contributed by atoms with Crippen LogP contribution in [0.2, 0.25) is 0 Å². The van der Waals surface area contributed by atoms with Crippen molar-refractivity contribution in [2.24, 2.45) is 0 Å². The third-order valence-electron chi connectivity index (χ3n) is 4.05. The van der Waals surface area contributed by atoms with Gasteiger partial charge in [0.2, 0.25) is 5.91 Å². The Balaban J connectivity index is 1.58. The van der Waals surface area contributed by atoms with Crippen LogP contribution in [0.15, 0.2) is 53.9 Å². The maximum absolute atomic E-state index is 12.2. The summed E-state index contributed by atoms with van der Waals surface area (Å²) in [6.45, 7) is 1.53. The number of aromatic nitrogens is 2. The van der Waals surface area contributed by atoms with Crippen molar-refractivity contribution in [2.45, 2.75) is 6.92 Å². The van der Waals surface area contributed by atoms with Crippen LogP contribution < -0.4 is 9.64 Å². The number of thiazole rings is 2. The second-order valence-corrected chi connectivity index (χ2v) is 7.86. The Morgan fingerprint density at radius 2 is 1.86 bits per heavy atom. The molecule has 4 aromatic rings. The van der Waals surface area contributed by atoms with E-state index in [9.17, 15) is 4.79 Å². The van der Waals surface area contributed by atoms with E-state index in [-0.39, 0.29) is 5.91 Å². The van der Waals surface area contributed by atoms with Gasteiger partial charge in [-0.15, -0.1) is 22.7 Å². The summed E-state index contributed by atoms with van der Waals surface area (Å²) in [5, 5.41) is 3.48. The molecular formula is C21H17N3O2S2. The lowest BCUT2D eigenvalue weighted by Gasteiger charge is -2.18. The van der Waals surface area contributed by atoms with Crippen LogP contribution in [0.3, 0.4) is 0 Å². The molecule has 0 aliphatic heterocycles. The molecule has 0 saturated carbocycles. The van der Waals surface area contributed by atoms with Gasteiger partial charge < -0.3 is 4.74 Å². The molecule has 0 radical (unpaired) electrons. The number of carbonyl (C=O) groups excluding carboxylic acids is 1. The summed E-state index contributed by atoms with van der Waals surface area (Å²) in [6.07, 6.45) is 3.87. The second kappa shape index (κ2) is 7.92. The van der Waals surface area contributed by atoms with E-state index in [4.69, 9.17) is 4.74 Å². The first-order chi connectivity index (χ1) is 13.6. The Morgan fingerprint density at radius 3 is 2.57 bits per heavy atom. The summed E-state index contributed by atoms with van der Waals surface area (Å²) in [5.74, 6) is 0.645. The smallest absolute Gasteiger partial charge is 0.230 e. The monoisotopic (exact) mass is 407 g/mol. The number of fused-ring (bicyclic) bond motifs is 1. The van der Waals surface area contributed by atoms with Crippen LogP contribution in [-0.2, 0) is 4.79 Å². The molecular weight excluding hydrogens is 390 g/mol. The number of hydrogen-bond donors (Lipinski definition) is 0. The van der Waals surface area contributed by atoms with Crippen LogP contribution >= 0.6 is 22.7 Å². The minimum absolute atomic E-state index is 0.0961. The molecule has 4 rings (SSSR count). The molecule has 2 aromatic heterocycles. The number of carbonyl (C=O) groups is 1. The first-order valence-corrected chi connectivity index (χ1v) is 10.3. The lowest BCUT2D eigenvalue weighted by atomic mass is 10.3. The van der Waals surface area contributed by atoms with Gasteiger partial charge >= 0.3 is 0 Å². The summed E-state index contributed by atoms with van der Waals surface area (Å²) in [7, 11) is 1.61. The topological polar surface area (TPSA) is 55.3 Å². The van der Waals surface area contributed by atoms with Crippen molar-refractivity contribution in [3.8, 4) is 5.75 Å². The van der Waals surface area contributed by atoms with Crippen molar-refractivity contribution in [2.75, 3.05) is 12.0 Å². The van der Waals surface area contributed by atoms with Gasteiger partial charge in [-0.3, -0.25) is 9.69 Å². The number of para-hydroxylation sites is 1. The van der Waals surface area contributed by atoms with Crippen molar-refractivity contribution in [3.05, 3.63) is 64.6 Å². The number of benzene rings is 2. The van der Waals surface area contributed by atoms with Crippen molar-refractivity contribution in [1.29, 1.82) is 0 Å². The van der Waals surface area contributed by atoms with E-state index in [1.807, 2.05) is 60.0 Å². The third kappa shape index (κ3) is 3.81. The number of amides is 1. The van der Waals surface area contributed by atoms with E-state index in [0.29, 0.717) is 5.13 Å². The van der Waals surface area contributed by atoms with Crippen LogP contribution in [0, 0.1) is 0 Å². The highest BCUT2D eigenvalue weighted by Gasteiger charge is 2.17. The average Bonchev–Trinajstić information content (AvgIpc) is 3.33. The molecule has 5 nitrogen and oxygen atoms in total. The summed E-state index contributed by atoms with van der Waals surface area (Å²) in [5.41, 5.74) is 2.54. The van der Waals surface area contributed by atoms with Crippen molar-refractivity contribution in [3.63, 3.8) is 0 Å². The number of methoxy groups -OCH3 is 1. The second-order valence-electron chi connectivity index (χ2n) is 5.96. The maximum atomic E-state index is 12.2. The Hall–Kier alpha value is -3.03. The predicted octanol–water partition coefficient (Wildman–Crippen LogP) is 5.62. The average molecular weight is 408 g/mol. The molecule has 0 aliphatic rings. The van der Waals surface area contributed by atoms with Crippen molar-refractivity contribution in [1.82, 2.24) is 9.97 Å². The van der Waals surface area contributed by atoms with Gasteiger partial charge in [-0.2, -0.15) is 0 Å². The van der Waals surface area contributed by atoms with Gasteiger partial charge in [0.15, 0.2) is 5.13 Å². The lowest BCUT2D eigenvalue weighted by molar-refractivity contribution is -0.115. The molecule has 0 bridgehead atoms. The standard InChI is InChI=1S/C21H17N3O2S2/c1-14(25)24(16-8-10-17(26-2)11-9-16)21-22-15(13-27-21)7-12-20-23-18-5-3-4-6-19(18)28-20/h3-13H,1-2H3. The molecule has 7 heteroatoms. The van der Waals surface area contributed by atoms with Crippen molar-refractivity contribution < 1.29 is 9.53 Å². The lowest BCUT2D eigenvalue weighted by Crippen LogP contribution is -2.22. The molecule has 0 N–H and O–H groups in total. The molecule has 1 amide bonds. The third-order valence-corrected chi connectivity index (χ3v) is 5.90.